The summed E-state index contributed by atoms with van der Waals surface area (Å²) in [6.07, 6.45) is 1.63. The van der Waals surface area contributed by atoms with Crippen LogP contribution < -0.4 is 0 Å². The Kier molecular flexibility index (Phi) is 2.89. The van der Waals surface area contributed by atoms with Gasteiger partial charge in [-0.25, -0.2) is 4.39 Å². The van der Waals surface area contributed by atoms with Gasteiger partial charge in [0.1, 0.15) is 17.6 Å². The number of nitriles is 1. The second-order valence-corrected chi connectivity index (χ2v) is 3.89. The van der Waals surface area contributed by atoms with Crippen LogP contribution in [0.1, 0.15) is 5.56 Å². The van der Waals surface area contributed by atoms with Crippen molar-refractivity contribution in [3.63, 3.8) is 0 Å². The van der Waals surface area contributed by atoms with Gasteiger partial charge in [0.05, 0.1) is 11.3 Å². The maximum Gasteiger partial charge on any atom is 0.223 e. The zero-order chi connectivity index (χ0) is 13.9. The fraction of sp³-hybridized carbons (Fsp3) is 0. The van der Waals surface area contributed by atoms with E-state index in [-0.39, 0.29) is 5.56 Å². The van der Waals surface area contributed by atoms with Crippen molar-refractivity contribution in [3.8, 4) is 23.3 Å². The van der Waals surface area contributed by atoms with E-state index in [4.69, 9.17) is 5.26 Å². The van der Waals surface area contributed by atoms with Crippen LogP contribution in [-0.4, -0.2) is 25.2 Å². The van der Waals surface area contributed by atoms with E-state index in [1.807, 2.05) is 6.07 Å². The molecule has 0 aliphatic heterocycles. The SMILES string of the molecule is N#Cc1cc(-n2nnc(-c3ccccn3)n2)ccc1F. The Hall–Kier alpha value is -3.14. The molecule has 0 amide bonds. The Labute approximate surface area is 113 Å². The highest BCUT2D eigenvalue weighted by atomic mass is 19.1. The molecule has 7 heteroatoms. The molecule has 0 aliphatic carbocycles. The zero-order valence-electron chi connectivity index (χ0n) is 10.1. The third-order valence-electron chi connectivity index (χ3n) is 2.61. The van der Waals surface area contributed by atoms with Gasteiger partial charge in [0.25, 0.3) is 0 Å². The molecule has 3 rings (SSSR count). The summed E-state index contributed by atoms with van der Waals surface area (Å²) >= 11 is 0. The number of nitrogens with zero attached hydrogens (tertiary/aromatic N) is 6. The van der Waals surface area contributed by atoms with Gasteiger partial charge in [0.2, 0.25) is 5.82 Å². The predicted molar refractivity (Wildman–Crippen MR) is 67.1 cm³/mol. The highest BCUT2D eigenvalue weighted by Crippen LogP contribution is 2.14. The molecule has 0 fully saturated rings. The van der Waals surface area contributed by atoms with E-state index in [0.717, 1.165) is 0 Å². The lowest BCUT2D eigenvalue weighted by molar-refractivity contribution is 0.621. The Balaban J connectivity index is 2.01. The van der Waals surface area contributed by atoms with Gasteiger partial charge in [-0.15, -0.1) is 15.0 Å². The van der Waals surface area contributed by atoms with Crippen LogP contribution in [0.2, 0.25) is 0 Å². The van der Waals surface area contributed by atoms with E-state index in [9.17, 15) is 4.39 Å². The summed E-state index contributed by atoms with van der Waals surface area (Å²) in [7, 11) is 0. The normalized spacial score (nSPS) is 10.2. The molecule has 0 radical (unpaired) electrons. The minimum atomic E-state index is -0.582. The van der Waals surface area contributed by atoms with Gasteiger partial charge in [-0.3, -0.25) is 4.98 Å². The second-order valence-electron chi connectivity index (χ2n) is 3.89. The third-order valence-corrected chi connectivity index (χ3v) is 2.61. The molecule has 2 aromatic heterocycles. The van der Waals surface area contributed by atoms with Gasteiger partial charge < -0.3 is 0 Å². The van der Waals surface area contributed by atoms with Crippen molar-refractivity contribution in [1.29, 1.82) is 5.26 Å². The first kappa shape index (κ1) is 11.9. The van der Waals surface area contributed by atoms with Gasteiger partial charge in [-0.2, -0.15) is 5.26 Å². The smallest absolute Gasteiger partial charge is 0.223 e. The molecule has 0 unspecified atom stereocenters. The lowest BCUT2D eigenvalue weighted by Gasteiger charge is -1.99. The summed E-state index contributed by atoms with van der Waals surface area (Å²) in [4.78, 5) is 5.34. The minimum absolute atomic E-state index is 0.0702. The van der Waals surface area contributed by atoms with Gasteiger partial charge in [0, 0.05) is 6.20 Å². The average molecular weight is 266 g/mol. The molecular weight excluding hydrogens is 259 g/mol. The first-order valence-corrected chi connectivity index (χ1v) is 5.69. The molecule has 0 atom stereocenters. The number of pyridine rings is 1. The predicted octanol–water partition coefficient (Wildman–Crippen LogP) is 1.74. The quantitative estimate of drug-likeness (QED) is 0.705. The third kappa shape index (κ3) is 2.10. The monoisotopic (exact) mass is 266 g/mol. The van der Waals surface area contributed by atoms with Crippen LogP contribution in [0.15, 0.2) is 42.6 Å². The molecule has 3 aromatic rings. The number of aromatic nitrogens is 5. The molecular formula is C13H7FN6. The summed E-state index contributed by atoms with van der Waals surface area (Å²) in [5, 5.41) is 20.7. The summed E-state index contributed by atoms with van der Waals surface area (Å²) in [5.74, 6) is -0.227. The van der Waals surface area contributed by atoms with Crippen LogP contribution in [0.3, 0.4) is 0 Å². The number of hydrogen-bond donors (Lipinski definition) is 0. The standard InChI is InChI=1S/C13H7FN6/c14-11-5-4-10(7-9(11)8-15)20-18-13(17-19-20)12-3-1-2-6-16-12/h1-7H. The lowest BCUT2D eigenvalue weighted by atomic mass is 10.2. The maximum absolute atomic E-state index is 13.3. The zero-order valence-corrected chi connectivity index (χ0v) is 10.1. The minimum Gasteiger partial charge on any atom is -0.253 e. The van der Waals surface area contributed by atoms with Crippen LogP contribution in [0.5, 0.6) is 0 Å². The Morgan fingerprint density at radius 3 is 2.85 bits per heavy atom. The Bertz CT molecular complexity index is 790. The second kappa shape index (κ2) is 4.85. The van der Waals surface area contributed by atoms with Crippen LogP contribution >= 0.6 is 0 Å². The van der Waals surface area contributed by atoms with Crippen LogP contribution in [0, 0.1) is 17.1 Å². The van der Waals surface area contributed by atoms with Crippen molar-refractivity contribution < 1.29 is 4.39 Å². The fourth-order valence-electron chi connectivity index (χ4n) is 1.64. The highest BCUT2D eigenvalue weighted by Gasteiger charge is 2.10. The van der Waals surface area contributed by atoms with Crippen molar-refractivity contribution in [3.05, 3.63) is 54.0 Å². The van der Waals surface area contributed by atoms with Crippen molar-refractivity contribution in [2.45, 2.75) is 0 Å². The molecule has 0 saturated heterocycles. The summed E-state index contributed by atoms with van der Waals surface area (Å²) in [6.45, 7) is 0. The van der Waals surface area contributed by atoms with Crippen molar-refractivity contribution in [1.82, 2.24) is 25.2 Å². The first-order chi connectivity index (χ1) is 9.78. The number of rotatable bonds is 2. The van der Waals surface area contributed by atoms with E-state index >= 15 is 0 Å². The van der Waals surface area contributed by atoms with Crippen molar-refractivity contribution in [2.24, 2.45) is 0 Å². The molecule has 0 saturated carbocycles. The molecule has 0 N–H and O–H groups in total. The molecule has 1 aromatic carbocycles. The Morgan fingerprint density at radius 1 is 1.20 bits per heavy atom. The van der Waals surface area contributed by atoms with Gasteiger partial charge in [-0.1, -0.05) is 6.07 Å². The van der Waals surface area contributed by atoms with Crippen molar-refractivity contribution >= 4 is 0 Å². The molecule has 20 heavy (non-hydrogen) atoms. The summed E-state index contributed by atoms with van der Waals surface area (Å²) in [5.41, 5.74) is 0.971. The van der Waals surface area contributed by atoms with Crippen LogP contribution in [-0.2, 0) is 0 Å². The highest BCUT2D eigenvalue weighted by molar-refractivity contribution is 5.47. The maximum atomic E-state index is 13.3. The van der Waals surface area contributed by atoms with Gasteiger partial charge >= 0.3 is 0 Å². The largest absolute Gasteiger partial charge is 0.253 e. The molecule has 6 nitrogen and oxygen atoms in total. The molecule has 96 valence electrons. The van der Waals surface area contributed by atoms with Crippen molar-refractivity contribution in [2.75, 3.05) is 0 Å². The van der Waals surface area contributed by atoms with Crippen LogP contribution in [0.25, 0.3) is 17.2 Å². The topological polar surface area (TPSA) is 80.3 Å². The van der Waals surface area contributed by atoms with E-state index in [2.05, 4.69) is 20.4 Å². The summed E-state index contributed by atoms with van der Waals surface area (Å²) < 4.78 is 13.3. The number of hydrogen-bond acceptors (Lipinski definition) is 5. The molecule has 0 spiro atoms. The van der Waals surface area contributed by atoms with Crippen LogP contribution in [0.4, 0.5) is 4.39 Å². The molecule has 2 heterocycles. The average Bonchev–Trinajstić information content (AvgIpc) is 2.98. The van der Waals surface area contributed by atoms with E-state index in [1.165, 1.54) is 23.0 Å². The Morgan fingerprint density at radius 2 is 2.10 bits per heavy atom. The van der Waals surface area contributed by atoms with Gasteiger partial charge in [-0.05, 0) is 35.5 Å². The van der Waals surface area contributed by atoms with E-state index in [1.54, 1.807) is 24.4 Å². The lowest BCUT2D eigenvalue weighted by Crippen LogP contribution is -2.00. The summed E-state index contributed by atoms with van der Waals surface area (Å²) in [6, 6.07) is 11.1. The number of tetrazole rings is 1. The van der Waals surface area contributed by atoms with E-state index in [0.29, 0.717) is 17.2 Å². The van der Waals surface area contributed by atoms with E-state index < -0.39 is 5.82 Å². The first-order valence-electron chi connectivity index (χ1n) is 5.69. The molecule has 0 aliphatic rings. The van der Waals surface area contributed by atoms with Gasteiger partial charge in [0.15, 0.2) is 0 Å². The fourth-order valence-corrected chi connectivity index (χ4v) is 1.64. The number of halogens is 1. The molecule has 0 bridgehead atoms. The number of benzene rings is 1.